The van der Waals surface area contributed by atoms with Gasteiger partial charge in [-0.3, -0.25) is 9.59 Å². The average Bonchev–Trinajstić information content (AvgIpc) is 2.98. The zero-order valence-electron chi connectivity index (χ0n) is 30.0. The molecule has 0 amide bonds. The van der Waals surface area contributed by atoms with Gasteiger partial charge in [-0.05, 0) is 80.4 Å². The van der Waals surface area contributed by atoms with Gasteiger partial charge in [-0.1, -0.05) is 20.8 Å². The second-order valence-corrected chi connectivity index (χ2v) is 14.8. The van der Waals surface area contributed by atoms with E-state index in [1.807, 2.05) is 32.8 Å². The highest BCUT2D eigenvalue weighted by atomic mass is 16.7. The maximum absolute atomic E-state index is 13.8. The number of carbonyl (C=O) groups is 2. The maximum atomic E-state index is 13.8. The Labute approximate surface area is 280 Å². The average molecular weight is 678 g/mol. The summed E-state index contributed by atoms with van der Waals surface area (Å²) < 4.78 is 18.4. The Balaban J connectivity index is 2.68. The Morgan fingerprint density at radius 1 is 1.11 bits per heavy atom. The molecule has 1 unspecified atom stereocenters. The van der Waals surface area contributed by atoms with Crippen molar-refractivity contribution in [2.75, 3.05) is 33.7 Å². The van der Waals surface area contributed by atoms with Crippen molar-refractivity contribution in [1.82, 2.24) is 15.5 Å². The van der Waals surface area contributed by atoms with Gasteiger partial charge >= 0.3 is 11.9 Å². The summed E-state index contributed by atoms with van der Waals surface area (Å²) >= 11 is 0. The summed E-state index contributed by atoms with van der Waals surface area (Å²) in [6, 6.07) is -0.934. The number of carboxylic acids is 1. The molecule has 0 aromatic heterocycles. The second-order valence-electron chi connectivity index (χ2n) is 14.8. The van der Waals surface area contributed by atoms with E-state index in [1.165, 1.54) is 13.8 Å². The molecule has 0 saturated carbocycles. The first-order valence-electron chi connectivity index (χ1n) is 17.0. The number of hydrogen-bond acceptors (Lipinski definition) is 13. The van der Waals surface area contributed by atoms with Crippen molar-refractivity contribution in [3.8, 4) is 0 Å². The van der Waals surface area contributed by atoms with Gasteiger partial charge in [0.15, 0.2) is 6.29 Å². The van der Waals surface area contributed by atoms with Crippen molar-refractivity contribution in [2.24, 2.45) is 17.8 Å². The lowest BCUT2D eigenvalue weighted by molar-refractivity contribution is -0.304. The van der Waals surface area contributed by atoms with Crippen molar-refractivity contribution >= 4 is 11.9 Å². The fourth-order valence-electron chi connectivity index (χ4n) is 7.21. The van der Waals surface area contributed by atoms with E-state index in [1.54, 1.807) is 27.7 Å². The molecule has 0 aromatic rings. The van der Waals surface area contributed by atoms with Crippen LogP contribution in [-0.2, 0) is 23.8 Å². The van der Waals surface area contributed by atoms with E-state index in [0.29, 0.717) is 13.0 Å². The number of nitrogens with zero attached hydrogens (tertiary/aromatic N) is 1. The van der Waals surface area contributed by atoms with E-state index in [9.17, 15) is 40.2 Å². The molecule has 0 aliphatic carbocycles. The van der Waals surface area contributed by atoms with Crippen LogP contribution in [0, 0.1) is 17.8 Å². The first kappa shape index (κ1) is 41.7. The number of carbonyl (C=O) groups excluding carboxylic acids is 1. The number of ether oxygens (including phenoxy) is 3. The quantitative estimate of drug-likeness (QED) is 0.120. The lowest BCUT2D eigenvalue weighted by Gasteiger charge is -2.49. The molecule has 2 aliphatic heterocycles. The van der Waals surface area contributed by atoms with Gasteiger partial charge in [-0.15, -0.1) is 0 Å². The van der Waals surface area contributed by atoms with Gasteiger partial charge in [0.1, 0.15) is 23.9 Å². The molecule has 0 aromatic carbocycles. The third kappa shape index (κ3) is 10.3. The SMILES string of the molecule is CC[C@H]1OC(=O)C(C)[C@@](O)(CNCCC(=O)O)[C@H](C)[C@@H](O[C@@H]2O[C@H](C)C[C@H](N(C)C)[C@H]2O)[C@@](C)(O)C[C@@H](C)CN[C@H](C)[C@@H](O)[C@]1(C)O. The van der Waals surface area contributed by atoms with E-state index >= 15 is 0 Å². The molecule has 0 bridgehead atoms. The van der Waals surface area contributed by atoms with Crippen LogP contribution in [0.4, 0.5) is 0 Å². The molecule has 0 spiro atoms. The predicted molar refractivity (Wildman–Crippen MR) is 174 cm³/mol. The molecule has 2 aliphatic rings. The minimum absolute atomic E-state index is 0.0143. The van der Waals surface area contributed by atoms with Crippen LogP contribution in [-0.4, -0.2) is 147 Å². The largest absolute Gasteiger partial charge is 0.481 e. The van der Waals surface area contributed by atoms with Crippen molar-refractivity contribution in [1.29, 1.82) is 0 Å². The summed E-state index contributed by atoms with van der Waals surface area (Å²) in [4.78, 5) is 26.9. The second kappa shape index (κ2) is 17.0. The van der Waals surface area contributed by atoms with Gasteiger partial charge in [0.2, 0.25) is 0 Å². The number of hydrogen-bond donors (Lipinski definition) is 8. The Morgan fingerprint density at radius 2 is 1.72 bits per heavy atom. The number of esters is 1. The van der Waals surface area contributed by atoms with Crippen LogP contribution in [0.3, 0.4) is 0 Å². The summed E-state index contributed by atoms with van der Waals surface area (Å²) in [5.41, 5.74) is -5.51. The topological polar surface area (TPSA) is 211 Å². The third-order valence-electron chi connectivity index (χ3n) is 10.3. The van der Waals surface area contributed by atoms with Crippen LogP contribution in [0.15, 0.2) is 0 Å². The third-order valence-corrected chi connectivity index (χ3v) is 10.3. The fraction of sp³-hybridized carbons (Fsp3) is 0.939. The minimum atomic E-state index is -2.01. The van der Waals surface area contributed by atoms with E-state index in [0.717, 1.165) is 0 Å². The molecule has 276 valence electrons. The molecule has 14 heteroatoms. The zero-order chi connectivity index (χ0) is 36.1. The molecule has 8 N–H and O–H groups in total. The Bertz CT molecular complexity index is 1010. The van der Waals surface area contributed by atoms with Crippen LogP contribution >= 0.6 is 0 Å². The highest BCUT2D eigenvalue weighted by molar-refractivity contribution is 5.74. The van der Waals surface area contributed by atoms with Crippen LogP contribution < -0.4 is 10.6 Å². The van der Waals surface area contributed by atoms with Gasteiger partial charge in [0, 0.05) is 31.1 Å². The molecule has 2 heterocycles. The molecular weight excluding hydrogens is 614 g/mol. The molecule has 14 atom stereocenters. The molecule has 2 rings (SSSR count). The number of carboxylic acid groups (broad SMARTS) is 1. The summed E-state index contributed by atoms with van der Waals surface area (Å²) in [6.45, 7) is 13.3. The van der Waals surface area contributed by atoms with E-state index < -0.39 is 77.3 Å². The number of aliphatic hydroxyl groups excluding tert-OH is 2. The summed E-state index contributed by atoms with van der Waals surface area (Å²) in [6.07, 6.45) is -5.65. The summed E-state index contributed by atoms with van der Waals surface area (Å²) in [7, 11) is 3.68. The van der Waals surface area contributed by atoms with Gasteiger partial charge in [-0.25, -0.2) is 0 Å². The van der Waals surface area contributed by atoms with E-state index in [4.69, 9.17) is 14.2 Å². The summed E-state index contributed by atoms with van der Waals surface area (Å²) in [5.74, 6) is -4.44. The number of aliphatic hydroxyl groups is 5. The smallest absolute Gasteiger partial charge is 0.312 e. The Morgan fingerprint density at radius 3 is 2.28 bits per heavy atom. The number of likely N-dealkylation sites (N-methyl/N-ethyl adjacent to an activating group) is 1. The Hall–Kier alpha value is -1.46. The number of rotatable bonds is 9. The number of nitrogens with one attached hydrogen (secondary N) is 2. The highest BCUT2D eigenvalue weighted by Gasteiger charge is 2.54. The normalized spacial score (nSPS) is 44.8. The van der Waals surface area contributed by atoms with Crippen molar-refractivity contribution in [2.45, 2.75) is 147 Å². The van der Waals surface area contributed by atoms with Crippen LogP contribution in [0.5, 0.6) is 0 Å². The first-order chi connectivity index (χ1) is 21.6. The lowest BCUT2D eigenvalue weighted by Crippen LogP contribution is -2.64. The highest BCUT2D eigenvalue weighted by Crippen LogP contribution is 2.40. The lowest BCUT2D eigenvalue weighted by atomic mass is 9.70. The number of aliphatic carboxylic acids is 1. The summed E-state index contributed by atoms with van der Waals surface area (Å²) in [5, 5.41) is 74.0. The first-order valence-corrected chi connectivity index (χ1v) is 17.0. The molecule has 47 heavy (non-hydrogen) atoms. The van der Waals surface area contributed by atoms with Gasteiger partial charge < -0.3 is 60.4 Å². The zero-order valence-corrected chi connectivity index (χ0v) is 30.0. The van der Waals surface area contributed by atoms with Gasteiger partial charge in [0.05, 0.1) is 35.7 Å². The van der Waals surface area contributed by atoms with Crippen molar-refractivity contribution in [3.63, 3.8) is 0 Å². The van der Waals surface area contributed by atoms with Crippen LogP contribution in [0.1, 0.15) is 81.1 Å². The minimum Gasteiger partial charge on any atom is -0.481 e. The number of cyclic esters (lactones) is 1. The van der Waals surface area contributed by atoms with E-state index in [-0.39, 0.29) is 50.4 Å². The molecule has 2 saturated heterocycles. The van der Waals surface area contributed by atoms with Crippen molar-refractivity contribution < 1.29 is 54.4 Å². The Kier molecular flexibility index (Phi) is 15.1. The standard InChI is InChI=1S/C33H63N3O11/c1-11-24-32(8,43)27(40)22(6)35-16-18(2)15-31(7,42)28(47-30-26(39)23(36(9)10)14-19(3)45-30)20(4)33(44,21(5)29(41)46-24)17-34-13-12-25(37)38/h18-24,26-28,30,34-35,39-40,42-44H,11-17H2,1-10H3,(H,37,38)/t18-,19-,20-,21?,22-,23+,24-,26-,27-,28-,30+,31+,32-,33-/m1/s1. The fourth-order valence-corrected chi connectivity index (χ4v) is 7.21. The predicted octanol–water partition coefficient (Wildman–Crippen LogP) is 0.0678. The van der Waals surface area contributed by atoms with Crippen molar-refractivity contribution in [3.05, 3.63) is 0 Å². The monoisotopic (exact) mass is 677 g/mol. The van der Waals surface area contributed by atoms with E-state index in [2.05, 4.69) is 10.6 Å². The molecule has 14 nitrogen and oxygen atoms in total. The molecule has 2 fully saturated rings. The van der Waals surface area contributed by atoms with Gasteiger partial charge in [0.25, 0.3) is 0 Å². The van der Waals surface area contributed by atoms with Crippen LogP contribution in [0.2, 0.25) is 0 Å². The maximum Gasteiger partial charge on any atom is 0.312 e. The van der Waals surface area contributed by atoms with Crippen LogP contribution in [0.25, 0.3) is 0 Å². The molecular formula is C33H63N3O11. The molecule has 0 radical (unpaired) electrons. The van der Waals surface area contributed by atoms with Gasteiger partial charge in [-0.2, -0.15) is 0 Å².